The lowest BCUT2D eigenvalue weighted by Gasteiger charge is -2.57. The van der Waals surface area contributed by atoms with Gasteiger partial charge in [-0.3, -0.25) is 4.79 Å². The van der Waals surface area contributed by atoms with Crippen molar-refractivity contribution in [2.45, 2.75) is 25.3 Å². The Labute approximate surface area is 282 Å². The van der Waals surface area contributed by atoms with Crippen LogP contribution in [-0.4, -0.2) is 95.8 Å². The Morgan fingerprint density at radius 1 is 1.04 bits per heavy atom. The van der Waals surface area contributed by atoms with Gasteiger partial charge in [0, 0.05) is 55.6 Å². The number of aromatic nitrogens is 3. The van der Waals surface area contributed by atoms with Gasteiger partial charge in [0.15, 0.2) is 0 Å². The third-order valence-corrected chi connectivity index (χ3v) is 9.09. The fraction of sp³-hybridized carbons (Fsp3) is 0.368. The third-order valence-electron chi connectivity index (χ3n) is 9.09. The first-order valence-corrected chi connectivity index (χ1v) is 16.3. The second-order valence-electron chi connectivity index (χ2n) is 13.5. The molecule has 48 heavy (non-hydrogen) atoms. The summed E-state index contributed by atoms with van der Waals surface area (Å²) in [6.07, 6.45) is 8.20. The minimum absolute atomic E-state index is 0.0761. The molecule has 6 rings (SSSR count). The zero-order valence-electron chi connectivity index (χ0n) is 28.1. The Kier molecular flexibility index (Phi) is 9.62. The van der Waals surface area contributed by atoms with Crippen molar-refractivity contribution in [1.29, 1.82) is 0 Å². The molecule has 2 N–H and O–H groups in total. The van der Waals surface area contributed by atoms with E-state index in [1.54, 1.807) is 6.08 Å². The molecule has 248 valence electrons. The molecule has 4 aromatic rings. The molecule has 1 saturated heterocycles. The lowest BCUT2D eigenvalue weighted by Crippen LogP contribution is -2.63. The lowest BCUT2D eigenvalue weighted by atomic mass is 9.58. The first kappa shape index (κ1) is 32.9. The van der Waals surface area contributed by atoms with Crippen molar-refractivity contribution < 1.29 is 14.3 Å². The van der Waals surface area contributed by atoms with Crippen LogP contribution in [0.2, 0.25) is 0 Å². The second-order valence-corrected chi connectivity index (χ2v) is 13.5. The van der Waals surface area contributed by atoms with E-state index >= 15 is 0 Å². The highest BCUT2D eigenvalue weighted by Crippen LogP contribution is 2.52. The third kappa shape index (κ3) is 6.98. The molecular weight excluding hydrogens is 602 g/mol. The van der Waals surface area contributed by atoms with E-state index in [9.17, 15) is 9.59 Å². The number of rotatable bonds is 11. The molecule has 1 aliphatic heterocycles. The van der Waals surface area contributed by atoms with Crippen LogP contribution in [0.5, 0.6) is 11.5 Å². The largest absolute Gasteiger partial charge is 0.457 e. The van der Waals surface area contributed by atoms with Crippen LogP contribution in [0, 0.1) is 23.2 Å². The number of likely N-dealkylation sites (tertiary alicyclic amines) is 1. The maximum atomic E-state index is 12.6. The molecule has 1 spiro atoms. The van der Waals surface area contributed by atoms with E-state index in [1.165, 1.54) is 6.33 Å². The fourth-order valence-corrected chi connectivity index (χ4v) is 6.93. The molecule has 1 aliphatic carbocycles. The number of hydrogen-bond donors (Lipinski definition) is 1. The van der Waals surface area contributed by atoms with Gasteiger partial charge in [0.25, 0.3) is 0 Å². The van der Waals surface area contributed by atoms with Crippen LogP contribution in [0.25, 0.3) is 22.2 Å². The molecule has 0 radical (unpaired) electrons. The fourth-order valence-electron chi connectivity index (χ4n) is 6.93. The number of amides is 1. The number of fused-ring (bicyclic) bond motifs is 1. The van der Waals surface area contributed by atoms with Crippen LogP contribution in [0.4, 0.5) is 5.82 Å². The number of aldehydes is 1. The molecule has 1 saturated carbocycles. The zero-order chi connectivity index (χ0) is 33.8. The number of nitrogen functional groups attached to an aromatic ring is 1. The van der Waals surface area contributed by atoms with Crippen LogP contribution in [0.3, 0.4) is 0 Å². The molecule has 2 aromatic heterocycles. The Hall–Kier alpha value is -4.98. The smallest absolute Gasteiger partial charge is 0.246 e. The molecule has 0 bridgehead atoms. The number of nitrogens with zero attached hydrogens (tertiary/aromatic N) is 6. The van der Waals surface area contributed by atoms with Crippen LogP contribution in [0.1, 0.15) is 31.0 Å². The van der Waals surface area contributed by atoms with Crippen molar-refractivity contribution in [3.05, 3.63) is 78.8 Å². The van der Waals surface area contributed by atoms with Gasteiger partial charge < -0.3 is 34.5 Å². The summed E-state index contributed by atoms with van der Waals surface area (Å²) in [5.74, 6) is 9.22. The number of para-hydroxylation sites is 1. The van der Waals surface area contributed by atoms with E-state index in [2.05, 4.69) is 26.3 Å². The molecule has 2 aliphatic rings. The van der Waals surface area contributed by atoms with Crippen molar-refractivity contribution in [3.8, 4) is 34.5 Å². The predicted octanol–water partition coefficient (Wildman–Crippen LogP) is 4.87. The topological polar surface area (TPSA) is 110 Å². The summed E-state index contributed by atoms with van der Waals surface area (Å²) in [7, 11) is 7.94. The van der Waals surface area contributed by atoms with Crippen molar-refractivity contribution in [3.63, 3.8) is 0 Å². The van der Waals surface area contributed by atoms with Crippen LogP contribution < -0.4 is 10.5 Å². The molecule has 1 amide bonds. The standard InChI is InChI=1S/C38H43N7O3/c1-42(2)19-8-11-33(47)44-24-38(25-44)21-27(22-38)12-17-32-34(28-13-15-31(16-14-28)48-30-9-6-5-7-10-30)35-36(39)40-26-41-37(35)45(32)29(18-20-46)23-43(3)4/h5-11,13-16,20,26-27,29H,18-19,21-25H2,1-4H3,(H2,39,40,41)/b11-8+. The molecule has 3 heterocycles. The van der Waals surface area contributed by atoms with E-state index in [0.717, 1.165) is 61.3 Å². The van der Waals surface area contributed by atoms with E-state index < -0.39 is 0 Å². The summed E-state index contributed by atoms with van der Waals surface area (Å²) in [5, 5.41) is 0.716. The van der Waals surface area contributed by atoms with Gasteiger partial charge in [0.2, 0.25) is 5.91 Å². The first-order chi connectivity index (χ1) is 23.2. The molecule has 1 unspecified atom stereocenters. The normalized spacial score (nSPS) is 16.2. The van der Waals surface area contributed by atoms with Gasteiger partial charge in [0.05, 0.1) is 11.4 Å². The Morgan fingerprint density at radius 3 is 2.42 bits per heavy atom. The number of ether oxygens (including phenoxy) is 1. The number of anilines is 1. The SMILES string of the molecule is CN(C)C/C=C/C(=O)N1CC2(CC(C#Cc3c(-c4ccc(Oc5ccccc5)cc4)c4c(N)ncnc4n3C(CC=O)CN(C)C)C2)C1. The van der Waals surface area contributed by atoms with Crippen molar-refractivity contribution in [2.75, 3.05) is 60.1 Å². The maximum absolute atomic E-state index is 12.6. The summed E-state index contributed by atoms with van der Waals surface area (Å²) in [6, 6.07) is 17.3. The second kappa shape index (κ2) is 14.0. The van der Waals surface area contributed by atoms with E-state index in [1.807, 2.05) is 98.7 Å². The summed E-state index contributed by atoms with van der Waals surface area (Å²) in [5.41, 5.74) is 9.88. The predicted molar refractivity (Wildman–Crippen MR) is 188 cm³/mol. The number of carbonyl (C=O) groups excluding carboxylic acids is 2. The summed E-state index contributed by atoms with van der Waals surface area (Å²) in [6.45, 7) is 2.90. The number of hydrogen-bond acceptors (Lipinski definition) is 8. The Balaban J connectivity index is 1.33. The number of carbonyl (C=O) groups is 2. The summed E-state index contributed by atoms with van der Waals surface area (Å²) < 4.78 is 8.14. The molecule has 2 fully saturated rings. The Morgan fingerprint density at radius 2 is 1.75 bits per heavy atom. The van der Waals surface area contributed by atoms with E-state index in [-0.39, 0.29) is 23.3 Å². The van der Waals surface area contributed by atoms with Crippen molar-refractivity contribution >= 4 is 29.0 Å². The van der Waals surface area contributed by atoms with Gasteiger partial charge in [-0.15, -0.1) is 0 Å². The number of likely N-dealkylation sites (N-methyl/N-ethyl adjacent to an activating group) is 2. The van der Waals surface area contributed by atoms with Crippen LogP contribution in [0.15, 0.2) is 73.1 Å². The molecule has 10 heteroatoms. The Bertz CT molecular complexity index is 1860. The average molecular weight is 646 g/mol. The molecule has 1 atom stereocenters. The van der Waals surface area contributed by atoms with Gasteiger partial charge in [-0.2, -0.15) is 0 Å². The maximum Gasteiger partial charge on any atom is 0.246 e. The quantitative estimate of drug-likeness (QED) is 0.140. The first-order valence-electron chi connectivity index (χ1n) is 16.3. The van der Waals surface area contributed by atoms with Gasteiger partial charge in [0.1, 0.15) is 41.3 Å². The average Bonchev–Trinajstić information content (AvgIpc) is 3.35. The van der Waals surface area contributed by atoms with Crippen molar-refractivity contribution in [1.82, 2.24) is 29.2 Å². The van der Waals surface area contributed by atoms with Crippen molar-refractivity contribution in [2.24, 2.45) is 11.3 Å². The van der Waals surface area contributed by atoms with Gasteiger partial charge in [-0.1, -0.05) is 42.3 Å². The lowest BCUT2D eigenvalue weighted by molar-refractivity contribution is -0.147. The van der Waals surface area contributed by atoms with Gasteiger partial charge >= 0.3 is 0 Å². The summed E-state index contributed by atoms with van der Waals surface area (Å²) in [4.78, 5) is 39.6. The minimum atomic E-state index is -0.215. The van der Waals surface area contributed by atoms with E-state index in [0.29, 0.717) is 35.6 Å². The molecular formula is C38H43N7O3. The highest BCUT2D eigenvalue weighted by atomic mass is 16.5. The van der Waals surface area contributed by atoms with Gasteiger partial charge in [-0.25, -0.2) is 9.97 Å². The minimum Gasteiger partial charge on any atom is -0.457 e. The van der Waals surface area contributed by atoms with Crippen LogP contribution >= 0.6 is 0 Å². The molecule has 2 aromatic carbocycles. The van der Waals surface area contributed by atoms with Crippen LogP contribution in [-0.2, 0) is 9.59 Å². The zero-order valence-corrected chi connectivity index (χ0v) is 28.1. The monoisotopic (exact) mass is 645 g/mol. The summed E-state index contributed by atoms with van der Waals surface area (Å²) >= 11 is 0. The number of nitrogens with two attached hydrogens (primary N) is 1. The van der Waals surface area contributed by atoms with E-state index in [4.69, 9.17) is 15.5 Å². The van der Waals surface area contributed by atoms with Gasteiger partial charge in [-0.05, 0) is 76.8 Å². The molecule has 10 nitrogen and oxygen atoms in total. The highest BCUT2D eigenvalue weighted by molar-refractivity contribution is 6.03. The number of benzene rings is 2. The highest BCUT2D eigenvalue weighted by Gasteiger charge is 2.52.